The van der Waals surface area contributed by atoms with Crippen molar-refractivity contribution < 1.29 is 4.42 Å². The Kier molecular flexibility index (Phi) is 2.70. The van der Waals surface area contributed by atoms with Gasteiger partial charge in [-0.1, -0.05) is 28.1 Å². The molecular weight excluding hydrogens is 242 g/mol. The fourth-order valence-corrected chi connectivity index (χ4v) is 1.65. The van der Waals surface area contributed by atoms with Crippen LogP contribution in [0.15, 0.2) is 45.5 Å². The van der Waals surface area contributed by atoms with Crippen LogP contribution in [0.25, 0.3) is 11.1 Å². The molecule has 0 saturated heterocycles. The number of nitrogens with two attached hydrogens (primary N) is 1. The molecule has 0 fully saturated rings. The number of hydrogen-bond donors (Lipinski definition) is 1. The SMILES string of the molecule is NCc1occc1-c1ccc(Br)cc1. The van der Waals surface area contributed by atoms with Gasteiger partial charge in [0, 0.05) is 10.0 Å². The predicted molar refractivity (Wildman–Crippen MR) is 59.7 cm³/mol. The molecule has 0 aliphatic heterocycles. The Balaban J connectivity index is 2.44. The molecule has 2 rings (SSSR count). The van der Waals surface area contributed by atoms with Gasteiger partial charge in [0.1, 0.15) is 5.76 Å². The van der Waals surface area contributed by atoms with Crippen LogP contribution in [0.5, 0.6) is 0 Å². The van der Waals surface area contributed by atoms with E-state index in [9.17, 15) is 0 Å². The molecule has 2 aromatic rings. The second-order valence-electron chi connectivity index (χ2n) is 2.97. The first-order valence-electron chi connectivity index (χ1n) is 4.33. The molecule has 1 aromatic heterocycles. The number of hydrogen-bond acceptors (Lipinski definition) is 2. The van der Waals surface area contributed by atoms with E-state index in [0.29, 0.717) is 6.54 Å². The Bertz CT molecular complexity index is 419. The molecule has 0 spiro atoms. The second-order valence-corrected chi connectivity index (χ2v) is 3.88. The molecule has 72 valence electrons. The highest BCUT2D eigenvalue weighted by atomic mass is 79.9. The van der Waals surface area contributed by atoms with E-state index in [4.69, 9.17) is 10.2 Å². The zero-order chi connectivity index (χ0) is 9.97. The van der Waals surface area contributed by atoms with E-state index in [1.165, 1.54) is 0 Å². The molecule has 2 nitrogen and oxygen atoms in total. The Hall–Kier alpha value is -1.06. The van der Waals surface area contributed by atoms with Gasteiger partial charge in [0.15, 0.2) is 0 Å². The van der Waals surface area contributed by atoms with Crippen molar-refractivity contribution in [1.82, 2.24) is 0 Å². The van der Waals surface area contributed by atoms with Crippen molar-refractivity contribution >= 4 is 15.9 Å². The maximum atomic E-state index is 5.56. The highest BCUT2D eigenvalue weighted by Crippen LogP contribution is 2.25. The lowest BCUT2D eigenvalue weighted by atomic mass is 10.1. The molecule has 1 heterocycles. The van der Waals surface area contributed by atoms with E-state index in [1.54, 1.807) is 6.26 Å². The minimum atomic E-state index is 0.429. The predicted octanol–water partition coefficient (Wildman–Crippen LogP) is 3.17. The van der Waals surface area contributed by atoms with Gasteiger partial charge in [0.2, 0.25) is 0 Å². The quantitative estimate of drug-likeness (QED) is 0.891. The molecule has 3 heteroatoms. The monoisotopic (exact) mass is 251 g/mol. The topological polar surface area (TPSA) is 39.2 Å². The summed E-state index contributed by atoms with van der Waals surface area (Å²) < 4.78 is 6.33. The molecule has 2 N–H and O–H groups in total. The Morgan fingerprint density at radius 3 is 2.50 bits per heavy atom. The molecule has 0 aliphatic carbocycles. The maximum Gasteiger partial charge on any atom is 0.125 e. The first-order chi connectivity index (χ1) is 6.81. The van der Waals surface area contributed by atoms with Gasteiger partial charge in [-0.05, 0) is 23.8 Å². The van der Waals surface area contributed by atoms with Crippen molar-refractivity contribution in [3.63, 3.8) is 0 Å². The van der Waals surface area contributed by atoms with Gasteiger partial charge in [-0.25, -0.2) is 0 Å². The summed E-state index contributed by atoms with van der Waals surface area (Å²) in [4.78, 5) is 0. The lowest BCUT2D eigenvalue weighted by molar-refractivity contribution is 0.513. The zero-order valence-corrected chi connectivity index (χ0v) is 9.12. The minimum absolute atomic E-state index is 0.429. The summed E-state index contributed by atoms with van der Waals surface area (Å²) in [6.07, 6.45) is 1.67. The van der Waals surface area contributed by atoms with Crippen molar-refractivity contribution in [1.29, 1.82) is 0 Å². The van der Waals surface area contributed by atoms with Crippen LogP contribution in [0, 0.1) is 0 Å². The third-order valence-electron chi connectivity index (χ3n) is 2.09. The average Bonchev–Trinajstić information content (AvgIpc) is 2.67. The lowest BCUT2D eigenvalue weighted by Gasteiger charge is -2.00. The summed E-state index contributed by atoms with van der Waals surface area (Å²) in [7, 11) is 0. The van der Waals surface area contributed by atoms with Crippen LogP contribution in [-0.2, 0) is 6.54 Å². The van der Waals surface area contributed by atoms with Gasteiger partial charge in [-0.3, -0.25) is 0 Å². The number of rotatable bonds is 2. The van der Waals surface area contributed by atoms with Gasteiger partial charge in [0.25, 0.3) is 0 Å². The van der Waals surface area contributed by atoms with Gasteiger partial charge in [0.05, 0.1) is 12.8 Å². The summed E-state index contributed by atoms with van der Waals surface area (Å²) in [6, 6.07) is 10.0. The fourth-order valence-electron chi connectivity index (χ4n) is 1.39. The van der Waals surface area contributed by atoms with Gasteiger partial charge in [-0.15, -0.1) is 0 Å². The molecule has 1 aromatic carbocycles. The van der Waals surface area contributed by atoms with Crippen LogP contribution in [0.3, 0.4) is 0 Å². The van der Waals surface area contributed by atoms with Gasteiger partial charge >= 0.3 is 0 Å². The van der Waals surface area contributed by atoms with E-state index in [-0.39, 0.29) is 0 Å². The van der Waals surface area contributed by atoms with E-state index >= 15 is 0 Å². The zero-order valence-electron chi connectivity index (χ0n) is 7.53. The van der Waals surface area contributed by atoms with Crippen LogP contribution >= 0.6 is 15.9 Å². The summed E-state index contributed by atoms with van der Waals surface area (Å²) in [6.45, 7) is 0.429. The van der Waals surface area contributed by atoms with Crippen molar-refractivity contribution in [2.24, 2.45) is 5.73 Å². The highest BCUT2D eigenvalue weighted by molar-refractivity contribution is 9.10. The Morgan fingerprint density at radius 2 is 1.86 bits per heavy atom. The minimum Gasteiger partial charge on any atom is -0.467 e. The standard InChI is InChI=1S/C11H10BrNO/c12-9-3-1-8(2-4-9)10-5-6-14-11(10)7-13/h1-6H,7,13H2. The van der Waals surface area contributed by atoms with E-state index in [2.05, 4.69) is 15.9 Å². The van der Waals surface area contributed by atoms with E-state index < -0.39 is 0 Å². The first-order valence-corrected chi connectivity index (χ1v) is 5.13. The number of furan rings is 1. The molecule has 0 unspecified atom stereocenters. The first kappa shape index (κ1) is 9.49. The van der Waals surface area contributed by atoms with Crippen LogP contribution in [0.2, 0.25) is 0 Å². The number of halogens is 1. The van der Waals surface area contributed by atoms with Crippen LogP contribution in [0.4, 0.5) is 0 Å². The Labute approximate surface area is 90.9 Å². The van der Waals surface area contributed by atoms with Crippen molar-refractivity contribution in [3.8, 4) is 11.1 Å². The second kappa shape index (κ2) is 3.98. The third kappa shape index (κ3) is 1.74. The summed E-state index contributed by atoms with van der Waals surface area (Å²) in [5.41, 5.74) is 7.76. The molecule has 0 radical (unpaired) electrons. The van der Waals surface area contributed by atoms with Gasteiger partial charge in [-0.2, -0.15) is 0 Å². The molecule has 0 saturated carbocycles. The summed E-state index contributed by atoms with van der Waals surface area (Å²) in [5, 5.41) is 0. The lowest BCUT2D eigenvalue weighted by Crippen LogP contribution is -1.95. The van der Waals surface area contributed by atoms with Crippen LogP contribution < -0.4 is 5.73 Å². The summed E-state index contributed by atoms with van der Waals surface area (Å²) >= 11 is 3.40. The van der Waals surface area contributed by atoms with Crippen LogP contribution in [-0.4, -0.2) is 0 Å². The normalized spacial score (nSPS) is 10.4. The highest BCUT2D eigenvalue weighted by Gasteiger charge is 2.06. The maximum absolute atomic E-state index is 5.56. The largest absolute Gasteiger partial charge is 0.467 e. The molecule has 0 aliphatic rings. The van der Waals surface area contributed by atoms with Gasteiger partial charge < -0.3 is 10.2 Å². The van der Waals surface area contributed by atoms with Crippen molar-refractivity contribution in [3.05, 3.63) is 46.8 Å². The molecule has 14 heavy (non-hydrogen) atoms. The van der Waals surface area contributed by atoms with Crippen molar-refractivity contribution in [2.75, 3.05) is 0 Å². The smallest absolute Gasteiger partial charge is 0.125 e. The third-order valence-corrected chi connectivity index (χ3v) is 2.61. The molecule has 0 atom stereocenters. The number of benzene rings is 1. The molecular formula is C11H10BrNO. The van der Waals surface area contributed by atoms with Crippen LogP contribution in [0.1, 0.15) is 5.76 Å². The molecule has 0 bridgehead atoms. The fraction of sp³-hybridized carbons (Fsp3) is 0.0909. The summed E-state index contributed by atoms with van der Waals surface area (Å²) in [5.74, 6) is 0.826. The van der Waals surface area contributed by atoms with E-state index in [0.717, 1.165) is 21.4 Å². The molecule has 0 amide bonds. The van der Waals surface area contributed by atoms with Crippen molar-refractivity contribution in [2.45, 2.75) is 6.54 Å². The Morgan fingerprint density at radius 1 is 1.14 bits per heavy atom. The average molecular weight is 252 g/mol. The van der Waals surface area contributed by atoms with E-state index in [1.807, 2.05) is 30.3 Å².